The molecule has 3 rings (SSSR count). The molecule has 0 aromatic carbocycles. The number of hydrogen-bond donors (Lipinski definition) is 12. The molecule has 0 aromatic rings. The highest BCUT2D eigenvalue weighted by molar-refractivity contribution is 5.75. The molecular weight excluding hydrogens is 1010 g/mol. The zero-order valence-electron chi connectivity index (χ0n) is 48.2. The van der Waals surface area contributed by atoms with Gasteiger partial charge in [-0.05, 0) is 6.42 Å². The van der Waals surface area contributed by atoms with E-state index in [2.05, 4.69) is 12.2 Å². The molecule has 3 aliphatic rings. The van der Waals surface area contributed by atoms with Crippen molar-refractivity contribution in [2.45, 2.75) is 343 Å². The van der Waals surface area contributed by atoms with Crippen molar-refractivity contribution in [1.82, 2.24) is 5.32 Å². The van der Waals surface area contributed by atoms with Crippen molar-refractivity contribution >= 4 is 5.91 Å². The average Bonchev–Trinajstić information content (AvgIpc) is 3.45. The zero-order valence-corrected chi connectivity index (χ0v) is 48.2. The van der Waals surface area contributed by atoms with E-state index in [0.29, 0.717) is 6.42 Å². The number of aliphatic hydroxyl groups is 11. The summed E-state index contributed by atoms with van der Waals surface area (Å²) in [6, 6.07) is -0.879. The van der Waals surface area contributed by atoms with Gasteiger partial charge in [-0.25, -0.2) is 0 Å². The SMILES string of the molecule is CCCCCCCCCCCCCCCCCCCCCCCCCCCCCCCCCCCC(O)C(COC1OC(CO)C(OC2OC(CO)C(OC3OC(CO)C(O)C(O)C3O)C(O)C2O)C(O)C1O)NC(=O)CC. The van der Waals surface area contributed by atoms with Gasteiger partial charge in [-0.1, -0.05) is 226 Å². The maximum Gasteiger partial charge on any atom is 0.220 e. The fourth-order valence-corrected chi connectivity index (χ4v) is 11.0. The first-order chi connectivity index (χ1) is 37.8. The molecule has 1 amide bonds. The molecular formula is C59H113NO18. The lowest BCUT2D eigenvalue weighted by atomic mass is 9.96. The third-order valence-corrected chi connectivity index (χ3v) is 16.2. The van der Waals surface area contributed by atoms with Gasteiger partial charge in [0.25, 0.3) is 0 Å². The molecule has 3 heterocycles. The minimum atomic E-state index is -1.97. The molecule has 0 saturated carbocycles. The zero-order chi connectivity index (χ0) is 56.9. The van der Waals surface area contributed by atoms with Crippen LogP contribution in [0.15, 0.2) is 0 Å². The number of nitrogens with one attached hydrogen (secondary N) is 1. The van der Waals surface area contributed by atoms with Gasteiger partial charge >= 0.3 is 0 Å². The quantitative estimate of drug-likeness (QED) is 0.0312. The Bertz CT molecular complexity index is 1440. The van der Waals surface area contributed by atoms with Gasteiger partial charge in [-0.15, -0.1) is 0 Å². The van der Waals surface area contributed by atoms with Gasteiger partial charge in [-0.2, -0.15) is 0 Å². The fraction of sp³-hybridized carbons (Fsp3) is 0.983. The van der Waals surface area contributed by atoms with Crippen LogP contribution in [0.1, 0.15) is 239 Å². The van der Waals surface area contributed by atoms with Crippen molar-refractivity contribution in [2.75, 3.05) is 26.4 Å². The Morgan fingerprint density at radius 3 is 1.06 bits per heavy atom. The molecule has 78 heavy (non-hydrogen) atoms. The Balaban J connectivity index is 1.21. The molecule has 17 unspecified atom stereocenters. The van der Waals surface area contributed by atoms with Crippen LogP contribution in [0, 0.1) is 0 Å². The summed E-state index contributed by atoms with van der Waals surface area (Å²) >= 11 is 0. The predicted octanol–water partition coefficient (Wildman–Crippen LogP) is 5.99. The van der Waals surface area contributed by atoms with E-state index >= 15 is 0 Å². The first-order valence-electron chi connectivity index (χ1n) is 31.3. The first-order valence-corrected chi connectivity index (χ1v) is 31.3. The molecule has 17 atom stereocenters. The van der Waals surface area contributed by atoms with Crippen molar-refractivity contribution in [2.24, 2.45) is 0 Å². The standard InChI is InChI=1S/C59H113NO18/c1-3-5-6-7-8-9-10-11-12-13-14-15-16-17-18-19-20-21-22-23-24-25-26-27-28-29-30-31-32-33-34-35-36-37-43(64)42(60-47(65)4-2)41-73-57-53(71)50(68)55(45(39-62)75-57)78-59-54(72)51(69)56(46(40-63)76-59)77-58-52(70)49(67)48(66)44(38-61)74-58/h42-46,48-59,61-64,66-72H,3-41H2,1-2H3,(H,60,65). The largest absolute Gasteiger partial charge is 0.394 e. The summed E-state index contributed by atoms with van der Waals surface area (Å²) in [6.07, 6.45) is 18.1. The monoisotopic (exact) mass is 1120 g/mol. The van der Waals surface area contributed by atoms with Crippen molar-refractivity contribution in [1.29, 1.82) is 0 Å². The van der Waals surface area contributed by atoms with Crippen LogP contribution in [0.2, 0.25) is 0 Å². The van der Waals surface area contributed by atoms with E-state index in [4.69, 9.17) is 28.4 Å². The van der Waals surface area contributed by atoms with Gasteiger partial charge in [0.2, 0.25) is 5.91 Å². The number of aliphatic hydroxyl groups excluding tert-OH is 11. The number of hydrogen-bond acceptors (Lipinski definition) is 18. The van der Waals surface area contributed by atoms with Gasteiger partial charge < -0.3 is 89.9 Å². The van der Waals surface area contributed by atoms with Crippen LogP contribution in [-0.4, -0.2) is 193 Å². The summed E-state index contributed by atoms with van der Waals surface area (Å²) in [4.78, 5) is 12.5. The number of ether oxygens (including phenoxy) is 6. The second kappa shape index (κ2) is 43.4. The Labute approximate surface area is 468 Å². The van der Waals surface area contributed by atoms with Gasteiger partial charge in [0.1, 0.15) is 73.2 Å². The minimum Gasteiger partial charge on any atom is -0.394 e. The summed E-state index contributed by atoms with van der Waals surface area (Å²) in [5, 5.41) is 119. The van der Waals surface area contributed by atoms with Crippen LogP contribution in [0.3, 0.4) is 0 Å². The highest BCUT2D eigenvalue weighted by Crippen LogP contribution is 2.33. The molecule has 3 saturated heterocycles. The highest BCUT2D eigenvalue weighted by atomic mass is 16.8. The predicted molar refractivity (Wildman–Crippen MR) is 296 cm³/mol. The summed E-state index contributed by atoms with van der Waals surface area (Å²) in [5.74, 6) is -0.328. The van der Waals surface area contributed by atoms with Crippen LogP contribution < -0.4 is 5.32 Å². The summed E-state index contributed by atoms with van der Waals surface area (Å²) in [5.41, 5.74) is 0. The molecule has 19 heteroatoms. The Morgan fingerprint density at radius 2 is 0.718 bits per heavy atom. The molecule has 3 aliphatic heterocycles. The Morgan fingerprint density at radius 1 is 0.410 bits per heavy atom. The van der Waals surface area contributed by atoms with E-state index in [0.717, 1.165) is 25.7 Å². The second-order valence-electron chi connectivity index (χ2n) is 22.8. The number of amides is 1. The second-order valence-corrected chi connectivity index (χ2v) is 22.8. The Kier molecular flexibility index (Phi) is 39.6. The van der Waals surface area contributed by atoms with Crippen LogP contribution in [0.5, 0.6) is 0 Å². The van der Waals surface area contributed by atoms with Gasteiger partial charge in [0.05, 0.1) is 38.6 Å². The van der Waals surface area contributed by atoms with Crippen molar-refractivity contribution in [3.05, 3.63) is 0 Å². The molecule has 462 valence electrons. The number of carbonyl (C=O) groups is 1. The Hall–Kier alpha value is -1.21. The van der Waals surface area contributed by atoms with Gasteiger partial charge in [0.15, 0.2) is 18.9 Å². The molecule has 19 nitrogen and oxygen atoms in total. The molecule has 3 fully saturated rings. The van der Waals surface area contributed by atoms with Crippen molar-refractivity contribution in [3.8, 4) is 0 Å². The summed E-state index contributed by atoms with van der Waals surface area (Å²) < 4.78 is 33.9. The number of carbonyl (C=O) groups excluding carboxylic acids is 1. The average molecular weight is 1120 g/mol. The van der Waals surface area contributed by atoms with Crippen LogP contribution in [0.4, 0.5) is 0 Å². The van der Waals surface area contributed by atoms with E-state index in [-0.39, 0.29) is 18.9 Å². The number of unbranched alkanes of at least 4 members (excludes halogenated alkanes) is 32. The third-order valence-electron chi connectivity index (χ3n) is 16.2. The van der Waals surface area contributed by atoms with E-state index in [1.807, 2.05) is 0 Å². The molecule has 12 N–H and O–H groups in total. The van der Waals surface area contributed by atoms with Crippen LogP contribution in [-0.2, 0) is 33.2 Å². The molecule has 0 aliphatic carbocycles. The third kappa shape index (κ3) is 27.0. The highest BCUT2D eigenvalue weighted by Gasteiger charge is 2.53. The molecule has 0 bridgehead atoms. The van der Waals surface area contributed by atoms with E-state index in [9.17, 15) is 61.0 Å². The molecule has 0 aromatic heterocycles. The van der Waals surface area contributed by atoms with E-state index in [1.165, 1.54) is 186 Å². The van der Waals surface area contributed by atoms with E-state index in [1.54, 1.807) is 6.92 Å². The van der Waals surface area contributed by atoms with Crippen molar-refractivity contribution < 1.29 is 89.4 Å². The van der Waals surface area contributed by atoms with Crippen LogP contribution >= 0.6 is 0 Å². The molecule has 0 spiro atoms. The first kappa shape index (κ1) is 71.1. The summed E-state index contributed by atoms with van der Waals surface area (Å²) in [6.45, 7) is 1.25. The minimum absolute atomic E-state index is 0.150. The maximum absolute atomic E-state index is 12.5. The lowest BCUT2D eigenvalue weighted by molar-refractivity contribution is -0.379. The smallest absolute Gasteiger partial charge is 0.220 e. The maximum atomic E-state index is 12.5. The number of rotatable bonds is 47. The topological polar surface area (TPSA) is 307 Å². The van der Waals surface area contributed by atoms with Gasteiger partial charge in [-0.3, -0.25) is 4.79 Å². The summed E-state index contributed by atoms with van der Waals surface area (Å²) in [7, 11) is 0. The lowest BCUT2D eigenvalue weighted by Crippen LogP contribution is -2.66. The fourth-order valence-electron chi connectivity index (χ4n) is 11.0. The lowest BCUT2D eigenvalue weighted by Gasteiger charge is -2.48. The normalized spacial score (nSPS) is 30.4. The molecule has 0 radical (unpaired) electrons. The van der Waals surface area contributed by atoms with E-state index < -0.39 is 124 Å². The van der Waals surface area contributed by atoms with Crippen molar-refractivity contribution in [3.63, 3.8) is 0 Å². The van der Waals surface area contributed by atoms with Crippen LogP contribution in [0.25, 0.3) is 0 Å². The van der Waals surface area contributed by atoms with Gasteiger partial charge in [0, 0.05) is 6.42 Å².